The number of ether oxygens (including phenoxy) is 1. The molecule has 4 nitrogen and oxygen atoms in total. The maximum atomic E-state index is 12.2. The molecule has 4 fully saturated rings. The molecule has 0 spiro atoms. The van der Waals surface area contributed by atoms with Crippen LogP contribution < -0.4 is 0 Å². The molecule has 3 saturated carbocycles. The third-order valence-corrected chi connectivity index (χ3v) is 16.9. The van der Waals surface area contributed by atoms with Crippen LogP contribution in [0.2, 0.25) is 16.6 Å². The molecule has 1 heterocycles. The lowest BCUT2D eigenvalue weighted by Crippen LogP contribution is -2.67. The van der Waals surface area contributed by atoms with Crippen LogP contribution in [0.1, 0.15) is 110 Å². The second-order valence-electron chi connectivity index (χ2n) is 11.7. The third kappa shape index (κ3) is 5.30. The number of esters is 1. The van der Waals surface area contributed by atoms with E-state index in [9.17, 15) is 4.79 Å². The highest BCUT2D eigenvalue weighted by Gasteiger charge is 2.57. The van der Waals surface area contributed by atoms with Gasteiger partial charge in [0.25, 0.3) is 0 Å². The van der Waals surface area contributed by atoms with E-state index in [0.29, 0.717) is 0 Å². The van der Waals surface area contributed by atoms with Crippen molar-refractivity contribution in [2.45, 2.75) is 126 Å². The zero-order chi connectivity index (χ0) is 22.4. The highest BCUT2D eigenvalue weighted by molar-refractivity contribution is 6.81. The van der Waals surface area contributed by atoms with E-state index < -0.39 is 8.24 Å². The van der Waals surface area contributed by atoms with Crippen molar-refractivity contribution in [3.05, 3.63) is 0 Å². The van der Waals surface area contributed by atoms with Gasteiger partial charge in [-0.25, -0.2) is 0 Å². The van der Waals surface area contributed by atoms with E-state index in [0.717, 1.165) is 36.4 Å². The molecule has 1 saturated heterocycles. The Morgan fingerprint density at radius 3 is 1.69 bits per heavy atom. The average Bonchev–Trinajstić information content (AvgIpc) is 2.86. The molecule has 0 amide bonds. The molecule has 0 aromatic rings. The van der Waals surface area contributed by atoms with E-state index in [-0.39, 0.29) is 11.9 Å². The van der Waals surface area contributed by atoms with E-state index in [2.05, 4.69) is 16.4 Å². The number of hydrogen-bond donors (Lipinski definition) is 0. The van der Waals surface area contributed by atoms with Crippen LogP contribution >= 0.6 is 0 Å². The van der Waals surface area contributed by atoms with Crippen molar-refractivity contribution in [1.82, 2.24) is 9.47 Å². The molecule has 5 heteroatoms. The van der Waals surface area contributed by atoms with E-state index in [1.165, 1.54) is 116 Å². The van der Waals surface area contributed by atoms with Crippen molar-refractivity contribution in [2.24, 2.45) is 5.92 Å². The van der Waals surface area contributed by atoms with Crippen LogP contribution in [0.15, 0.2) is 0 Å². The summed E-state index contributed by atoms with van der Waals surface area (Å²) in [5.41, 5.74) is 3.08. The largest absolute Gasteiger partial charge is 0.469 e. The molecule has 4 aliphatic rings. The van der Waals surface area contributed by atoms with Crippen molar-refractivity contribution < 1.29 is 9.53 Å². The summed E-state index contributed by atoms with van der Waals surface area (Å²) in [6, 6.07) is 0. The molecule has 0 aromatic carbocycles. The number of nitrogens with zero attached hydrogens (tertiary/aromatic N) is 2. The Labute approximate surface area is 198 Å². The van der Waals surface area contributed by atoms with Crippen molar-refractivity contribution >= 4 is 14.2 Å². The van der Waals surface area contributed by atoms with Gasteiger partial charge in [0, 0.05) is 19.8 Å². The van der Waals surface area contributed by atoms with Crippen molar-refractivity contribution in [3.8, 4) is 0 Å². The lowest BCUT2D eigenvalue weighted by atomic mass is 9.98. The van der Waals surface area contributed by atoms with Gasteiger partial charge >= 0.3 is 5.97 Å². The molecule has 184 valence electrons. The van der Waals surface area contributed by atoms with Gasteiger partial charge in [-0.3, -0.25) is 9.69 Å². The predicted molar refractivity (Wildman–Crippen MR) is 135 cm³/mol. The maximum Gasteiger partial charge on any atom is 0.309 e. The van der Waals surface area contributed by atoms with Gasteiger partial charge in [0.2, 0.25) is 0 Å². The van der Waals surface area contributed by atoms with E-state index in [1.807, 2.05) is 0 Å². The Morgan fingerprint density at radius 1 is 0.781 bits per heavy atom. The molecule has 0 bridgehead atoms. The summed E-state index contributed by atoms with van der Waals surface area (Å²) in [6.45, 7) is 6.55. The lowest BCUT2D eigenvalue weighted by Gasteiger charge is -2.60. The fourth-order valence-corrected chi connectivity index (χ4v) is 17.0. The smallest absolute Gasteiger partial charge is 0.309 e. The summed E-state index contributed by atoms with van der Waals surface area (Å²) in [5, 5.41) is 0. The Kier molecular flexibility index (Phi) is 9.15. The molecule has 3 aliphatic carbocycles. The third-order valence-electron chi connectivity index (χ3n) is 9.73. The molecule has 1 atom stereocenters. The van der Waals surface area contributed by atoms with Crippen LogP contribution in [0.25, 0.3) is 0 Å². The summed E-state index contributed by atoms with van der Waals surface area (Å²) in [6.07, 6.45) is 23.7. The van der Waals surface area contributed by atoms with E-state index in [4.69, 9.17) is 4.74 Å². The topological polar surface area (TPSA) is 32.8 Å². The van der Waals surface area contributed by atoms with Crippen molar-refractivity contribution in [2.75, 3.05) is 33.4 Å². The zero-order valence-electron chi connectivity index (χ0n) is 21.2. The second-order valence-corrected chi connectivity index (χ2v) is 16.5. The number of carbonyl (C=O) groups excluding carboxylic acids is 1. The number of carbonyl (C=O) groups is 1. The molecular weight excluding hydrogens is 412 g/mol. The van der Waals surface area contributed by atoms with Crippen LogP contribution in [0, 0.1) is 5.92 Å². The van der Waals surface area contributed by atoms with Gasteiger partial charge in [-0.15, -0.1) is 0 Å². The van der Waals surface area contributed by atoms with Gasteiger partial charge in [-0.05, 0) is 29.6 Å². The molecule has 1 aliphatic heterocycles. The van der Waals surface area contributed by atoms with Crippen LogP contribution in [0.5, 0.6) is 0 Å². The first-order chi connectivity index (χ1) is 15.7. The SMILES string of the molecule is COC(=O)C(C)CN1CCCN([Si](C2CCCCC2)(C2CCCCC2)C2CCCCC2)C1. The number of hydrogen-bond acceptors (Lipinski definition) is 4. The van der Waals surface area contributed by atoms with Gasteiger partial charge in [-0.1, -0.05) is 103 Å². The van der Waals surface area contributed by atoms with Gasteiger partial charge < -0.3 is 9.30 Å². The minimum absolute atomic E-state index is 0.0185. The molecule has 0 aromatic heterocycles. The Hall–Kier alpha value is -0.393. The molecular formula is C27H50N2O2Si. The van der Waals surface area contributed by atoms with Gasteiger partial charge in [0.1, 0.15) is 8.24 Å². The fourth-order valence-electron chi connectivity index (χ4n) is 8.47. The minimum atomic E-state index is -1.65. The van der Waals surface area contributed by atoms with Crippen molar-refractivity contribution in [3.63, 3.8) is 0 Å². The summed E-state index contributed by atoms with van der Waals surface area (Å²) < 4.78 is 8.23. The first-order valence-electron chi connectivity index (χ1n) is 14.2. The molecule has 32 heavy (non-hydrogen) atoms. The van der Waals surface area contributed by atoms with Crippen molar-refractivity contribution in [1.29, 1.82) is 0 Å². The van der Waals surface area contributed by atoms with Crippen LogP contribution in [0.3, 0.4) is 0 Å². The first kappa shape index (κ1) is 24.7. The fraction of sp³-hybridized carbons (Fsp3) is 0.963. The quantitative estimate of drug-likeness (QED) is 0.311. The predicted octanol–water partition coefficient (Wildman–Crippen LogP) is 6.71. The van der Waals surface area contributed by atoms with Crippen LogP contribution in [-0.2, 0) is 9.53 Å². The van der Waals surface area contributed by atoms with E-state index >= 15 is 0 Å². The summed E-state index contributed by atoms with van der Waals surface area (Å²) in [4.78, 5) is 14.8. The number of rotatable bonds is 7. The summed E-state index contributed by atoms with van der Waals surface area (Å²) >= 11 is 0. The Bertz CT molecular complexity index is 537. The van der Waals surface area contributed by atoms with Gasteiger partial charge in [0.05, 0.1) is 13.0 Å². The lowest BCUT2D eigenvalue weighted by molar-refractivity contribution is -0.145. The van der Waals surface area contributed by atoms with Gasteiger partial charge in [0.15, 0.2) is 0 Å². The second kappa shape index (κ2) is 11.8. The normalized spacial score (nSPS) is 27.3. The average molecular weight is 463 g/mol. The molecule has 1 unspecified atom stereocenters. The standard InChI is InChI=1S/C27H50N2O2Si/c1-23(27(30)31-2)21-28-19-12-20-29(22-28)32(24-13-6-3-7-14-24,25-15-8-4-9-16-25)26-17-10-5-11-18-26/h23-26H,3-22H2,1-2H3. The zero-order valence-corrected chi connectivity index (χ0v) is 22.2. The summed E-state index contributed by atoms with van der Waals surface area (Å²) in [7, 11) is -0.109. The van der Waals surface area contributed by atoms with Crippen LogP contribution in [-0.4, -0.2) is 57.1 Å². The number of methoxy groups -OCH3 is 1. The molecule has 4 rings (SSSR count). The Balaban J connectivity index is 1.64. The van der Waals surface area contributed by atoms with E-state index in [1.54, 1.807) is 0 Å². The highest BCUT2D eigenvalue weighted by Crippen LogP contribution is 2.58. The Morgan fingerprint density at radius 2 is 1.25 bits per heavy atom. The molecule has 0 radical (unpaired) electrons. The molecule has 0 N–H and O–H groups in total. The monoisotopic (exact) mass is 462 g/mol. The first-order valence-corrected chi connectivity index (χ1v) is 16.4. The minimum Gasteiger partial charge on any atom is -0.469 e. The van der Waals surface area contributed by atoms with Gasteiger partial charge in [-0.2, -0.15) is 0 Å². The highest BCUT2D eigenvalue weighted by atomic mass is 28.3. The van der Waals surface area contributed by atoms with Crippen LogP contribution in [0.4, 0.5) is 0 Å². The summed E-state index contributed by atoms with van der Waals surface area (Å²) in [5.74, 6) is -0.0625. The maximum absolute atomic E-state index is 12.2.